The minimum absolute atomic E-state index is 0.136. The number of hydrogen-bond acceptors (Lipinski definition) is 3. The quantitative estimate of drug-likeness (QED) is 0.715. The molecular formula is C19H26N2O2. The van der Waals surface area contributed by atoms with Crippen molar-refractivity contribution in [2.24, 2.45) is 0 Å². The van der Waals surface area contributed by atoms with E-state index >= 15 is 0 Å². The van der Waals surface area contributed by atoms with Crippen LogP contribution in [-0.4, -0.2) is 22.8 Å². The van der Waals surface area contributed by atoms with Crippen LogP contribution in [0.2, 0.25) is 0 Å². The lowest BCUT2D eigenvalue weighted by Crippen LogP contribution is -2.16. The van der Waals surface area contributed by atoms with Gasteiger partial charge in [0.15, 0.2) is 0 Å². The molecule has 0 saturated carbocycles. The fourth-order valence-electron chi connectivity index (χ4n) is 2.90. The van der Waals surface area contributed by atoms with Crippen molar-refractivity contribution in [2.75, 3.05) is 7.11 Å². The average molecular weight is 314 g/mol. The molecule has 2 rings (SSSR count). The van der Waals surface area contributed by atoms with E-state index in [0.717, 1.165) is 24.2 Å². The molecule has 0 amide bonds. The van der Waals surface area contributed by atoms with Crippen LogP contribution in [-0.2, 0) is 6.42 Å². The smallest absolute Gasteiger partial charge is 0.282 e. The molecule has 0 atom stereocenters. The predicted molar refractivity (Wildman–Crippen MR) is 92.3 cm³/mol. The minimum atomic E-state index is -0.136. The van der Waals surface area contributed by atoms with Crippen LogP contribution in [0.1, 0.15) is 59.9 Å². The highest BCUT2D eigenvalue weighted by Crippen LogP contribution is 2.22. The van der Waals surface area contributed by atoms with Crippen LogP contribution in [0.5, 0.6) is 5.75 Å². The van der Waals surface area contributed by atoms with Gasteiger partial charge in [0.05, 0.1) is 18.4 Å². The van der Waals surface area contributed by atoms with E-state index in [-0.39, 0.29) is 5.91 Å². The van der Waals surface area contributed by atoms with E-state index < -0.39 is 0 Å². The summed E-state index contributed by atoms with van der Waals surface area (Å²) in [7, 11) is 1.58. The molecule has 124 valence electrons. The fraction of sp³-hybridized carbons (Fsp3) is 0.474. The molecule has 0 saturated heterocycles. The normalized spacial score (nSPS) is 10.8. The van der Waals surface area contributed by atoms with Gasteiger partial charge in [0.2, 0.25) is 0 Å². The summed E-state index contributed by atoms with van der Waals surface area (Å²) in [5.74, 6) is 0.442. The van der Waals surface area contributed by atoms with Crippen molar-refractivity contribution >= 4 is 5.91 Å². The number of hydrogen-bond donors (Lipinski definition) is 0. The van der Waals surface area contributed by atoms with E-state index in [9.17, 15) is 4.79 Å². The summed E-state index contributed by atoms with van der Waals surface area (Å²) >= 11 is 0. The summed E-state index contributed by atoms with van der Waals surface area (Å²) in [6, 6.07) is 7.27. The monoisotopic (exact) mass is 314 g/mol. The molecule has 23 heavy (non-hydrogen) atoms. The van der Waals surface area contributed by atoms with E-state index in [1.54, 1.807) is 19.2 Å². The van der Waals surface area contributed by atoms with Crippen LogP contribution in [0, 0.1) is 13.8 Å². The largest absolute Gasteiger partial charge is 0.496 e. The van der Waals surface area contributed by atoms with Gasteiger partial charge in [-0.15, -0.1) is 0 Å². The molecule has 2 aromatic rings. The maximum atomic E-state index is 12.8. The Balaban J connectivity index is 2.25. The molecule has 1 heterocycles. The zero-order chi connectivity index (χ0) is 16.8. The topological polar surface area (TPSA) is 44.1 Å². The number of aromatic nitrogens is 2. The Hall–Kier alpha value is -2.10. The van der Waals surface area contributed by atoms with Crippen LogP contribution in [0.25, 0.3) is 0 Å². The first-order chi connectivity index (χ1) is 11.1. The number of unbranched alkanes of at least 4 members (excludes halogenated alkanes) is 3. The van der Waals surface area contributed by atoms with Gasteiger partial charge in [-0.25, -0.2) is 4.68 Å². The Bertz CT molecular complexity index is 674. The molecular weight excluding hydrogens is 288 g/mol. The highest BCUT2D eigenvalue weighted by Gasteiger charge is 2.20. The van der Waals surface area contributed by atoms with Crippen LogP contribution in [0.4, 0.5) is 0 Å². The third-order valence-corrected chi connectivity index (χ3v) is 4.25. The summed E-state index contributed by atoms with van der Waals surface area (Å²) in [6.07, 6.45) is 5.83. The summed E-state index contributed by atoms with van der Waals surface area (Å²) < 4.78 is 6.81. The van der Waals surface area contributed by atoms with Gasteiger partial charge in [-0.05, 0) is 44.4 Å². The average Bonchev–Trinajstić information content (AvgIpc) is 2.85. The first-order valence-corrected chi connectivity index (χ1v) is 8.33. The molecule has 0 N–H and O–H groups in total. The second-order valence-electron chi connectivity index (χ2n) is 5.88. The minimum Gasteiger partial charge on any atom is -0.496 e. The van der Waals surface area contributed by atoms with Crippen LogP contribution in [0.3, 0.4) is 0 Å². The second-order valence-corrected chi connectivity index (χ2v) is 5.88. The molecule has 4 nitrogen and oxygen atoms in total. The maximum absolute atomic E-state index is 12.8. The number of rotatable bonds is 7. The SMILES string of the molecule is CCCCCCc1c(C)nn(C(=O)c2ccccc2OC)c1C. The molecule has 0 bridgehead atoms. The summed E-state index contributed by atoms with van der Waals surface area (Å²) in [5.41, 5.74) is 3.62. The van der Waals surface area contributed by atoms with Crippen molar-refractivity contribution in [3.05, 3.63) is 46.8 Å². The molecule has 4 heteroatoms. The summed E-state index contributed by atoms with van der Waals surface area (Å²) in [5, 5.41) is 4.47. The number of para-hydroxylation sites is 1. The number of aryl methyl sites for hydroxylation is 1. The Morgan fingerprint density at radius 2 is 1.91 bits per heavy atom. The fourth-order valence-corrected chi connectivity index (χ4v) is 2.90. The Morgan fingerprint density at radius 1 is 1.17 bits per heavy atom. The van der Waals surface area contributed by atoms with Crippen LogP contribution < -0.4 is 4.74 Å². The van der Waals surface area contributed by atoms with Crippen molar-refractivity contribution in [2.45, 2.75) is 52.9 Å². The van der Waals surface area contributed by atoms with E-state index in [1.807, 2.05) is 26.0 Å². The van der Waals surface area contributed by atoms with Crippen LogP contribution >= 0.6 is 0 Å². The summed E-state index contributed by atoms with van der Waals surface area (Å²) in [4.78, 5) is 12.8. The van der Waals surface area contributed by atoms with Gasteiger partial charge in [-0.2, -0.15) is 5.10 Å². The molecule has 1 aromatic heterocycles. The van der Waals surface area contributed by atoms with Gasteiger partial charge in [-0.3, -0.25) is 4.79 Å². The third-order valence-electron chi connectivity index (χ3n) is 4.25. The first-order valence-electron chi connectivity index (χ1n) is 8.33. The molecule has 0 fully saturated rings. The molecule has 1 aromatic carbocycles. The van der Waals surface area contributed by atoms with E-state index in [4.69, 9.17) is 4.74 Å². The summed E-state index contributed by atoms with van der Waals surface area (Å²) in [6.45, 7) is 6.16. The third kappa shape index (κ3) is 3.81. The van der Waals surface area contributed by atoms with E-state index in [0.29, 0.717) is 11.3 Å². The van der Waals surface area contributed by atoms with Crippen molar-refractivity contribution in [3.8, 4) is 5.75 Å². The van der Waals surface area contributed by atoms with Crippen molar-refractivity contribution in [3.63, 3.8) is 0 Å². The van der Waals surface area contributed by atoms with Gasteiger partial charge in [0.1, 0.15) is 5.75 Å². The number of nitrogens with zero attached hydrogens (tertiary/aromatic N) is 2. The number of methoxy groups -OCH3 is 1. The van der Waals surface area contributed by atoms with Crippen molar-refractivity contribution in [1.82, 2.24) is 9.78 Å². The first kappa shape index (κ1) is 17.3. The van der Waals surface area contributed by atoms with Gasteiger partial charge >= 0.3 is 0 Å². The zero-order valence-corrected chi connectivity index (χ0v) is 14.6. The standard InChI is InChI=1S/C19H26N2O2/c1-5-6-7-8-11-16-14(2)20-21(15(16)3)19(22)17-12-9-10-13-18(17)23-4/h9-10,12-13H,5-8,11H2,1-4H3. The molecule has 0 aliphatic rings. The number of benzene rings is 1. The van der Waals surface area contributed by atoms with Gasteiger partial charge in [0.25, 0.3) is 5.91 Å². The highest BCUT2D eigenvalue weighted by molar-refractivity contribution is 5.98. The lowest BCUT2D eigenvalue weighted by Gasteiger charge is -2.08. The van der Waals surface area contributed by atoms with Gasteiger partial charge in [0, 0.05) is 5.69 Å². The maximum Gasteiger partial charge on any atom is 0.282 e. The number of carbonyl (C=O) groups is 1. The number of ether oxygens (including phenoxy) is 1. The molecule has 0 spiro atoms. The highest BCUT2D eigenvalue weighted by atomic mass is 16.5. The second kappa shape index (κ2) is 7.95. The van der Waals surface area contributed by atoms with Crippen LogP contribution in [0.15, 0.2) is 24.3 Å². The van der Waals surface area contributed by atoms with Crippen molar-refractivity contribution < 1.29 is 9.53 Å². The lowest BCUT2D eigenvalue weighted by atomic mass is 10.0. The number of carbonyl (C=O) groups excluding carboxylic acids is 1. The Morgan fingerprint density at radius 3 is 2.61 bits per heavy atom. The van der Waals surface area contributed by atoms with E-state index in [2.05, 4.69) is 12.0 Å². The molecule has 0 radical (unpaired) electrons. The lowest BCUT2D eigenvalue weighted by molar-refractivity contribution is 0.0939. The van der Waals surface area contributed by atoms with E-state index in [1.165, 1.54) is 29.5 Å². The van der Waals surface area contributed by atoms with Crippen molar-refractivity contribution in [1.29, 1.82) is 0 Å². The molecule has 0 aliphatic carbocycles. The zero-order valence-electron chi connectivity index (χ0n) is 14.6. The predicted octanol–water partition coefficient (Wildman–Crippen LogP) is 4.32. The Kier molecular flexibility index (Phi) is 5.97. The molecule has 0 aliphatic heterocycles. The molecule has 0 unspecified atom stereocenters. The van der Waals surface area contributed by atoms with Gasteiger partial charge < -0.3 is 4.74 Å². The van der Waals surface area contributed by atoms with Gasteiger partial charge in [-0.1, -0.05) is 38.3 Å². The Labute approximate surface area is 138 Å².